The van der Waals surface area contributed by atoms with Crippen LogP contribution in [0.1, 0.15) is 57.6 Å². The fraction of sp³-hybridized carbons (Fsp3) is 0.423. The van der Waals surface area contributed by atoms with Gasteiger partial charge in [-0.2, -0.15) is 0 Å². The Morgan fingerprint density at radius 2 is 1.47 bits per heavy atom. The molecule has 2 amide bonds. The van der Waals surface area contributed by atoms with Crippen LogP contribution in [0.2, 0.25) is 0 Å². The van der Waals surface area contributed by atoms with Crippen molar-refractivity contribution >= 4 is 18.2 Å². The Balaban J connectivity index is 1.55. The van der Waals surface area contributed by atoms with E-state index in [0.717, 1.165) is 22.3 Å². The molecule has 0 saturated carbocycles. The van der Waals surface area contributed by atoms with Gasteiger partial charge in [0, 0.05) is 12.5 Å². The van der Waals surface area contributed by atoms with Crippen molar-refractivity contribution < 1.29 is 29.0 Å². The minimum Gasteiger partial charge on any atom is -0.480 e. The summed E-state index contributed by atoms with van der Waals surface area (Å²) >= 11 is 0. The molecular weight excluding hydrogens is 436 g/mol. The third-order valence-corrected chi connectivity index (χ3v) is 5.72. The maximum Gasteiger partial charge on any atom is 0.408 e. The summed E-state index contributed by atoms with van der Waals surface area (Å²) in [5.41, 5.74) is 2.21. The predicted octanol–water partition coefficient (Wildman–Crippen LogP) is 4.67. The first-order valence-corrected chi connectivity index (χ1v) is 11.3. The molecule has 1 aliphatic rings. The van der Waals surface area contributed by atoms with E-state index < -0.39 is 29.3 Å². The highest BCUT2D eigenvalue weighted by Crippen LogP contribution is 2.44. The third-order valence-electron chi connectivity index (χ3n) is 5.72. The number of nitrogens with one attached hydrogen (secondary N) is 2. The maximum atomic E-state index is 12.6. The smallest absolute Gasteiger partial charge is 0.408 e. The number of ether oxygens (including phenoxy) is 2. The van der Waals surface area contributed by atoms with Crippen molar-refractivity contribution in [2.45, 2.75) is 57.6 Å². The number of carbonyl (C=O) groups is 3. The van der Waals surface area contributed by atoms with E-state index in [1.165, 1.54) is 6.92 Å². The maximum absolute atomic E-state index is 12.6. The Morgan fingerprint density at radius 1 is 0.912 bits per heavy atom. The zero-order chi connectivity index (χ0) is 24.9. The van der Waals surface area contributed by atoms with Crippen molar-refractivity contribution in [1.29, 1.82) is 0 Å². The number of carboxylic acid groups (broad SMARTS) is 1. The van der Waals surface area contributed by atoms with E-state index in [-0.39, 0.29) is 25.5 Å². The second-order valence-corrected chi connectivity index (χ2v) is 9.62. The van der Waals surface area contributed by atoms with Gasteiger partial charge in [0.1, 0.15) is 17.7 Å². The summed E-state index contributed by atoms with van der Waals surface area (Å²) in [6.45, 7) is 7.00. The summed E-state index contributed by atoms with van der Waals surface area (Å²) in [5.74, 6) is -1.30. The van der Waals surface area contributed by atoms with Crippen LogP contribution in [0.5, 0.6) is 0 Å². The van der Waals surface area contributed by atoms with Gasteiger partial charge in [0.05, 0.1) is 0 Å². The molecule has 0 saturated heterocycles. The Bertz CT molecular complexity index is 1020. The lowest BCUT2D eigenvalue weighted by Gasteiger charge is -2.26. The fourth-order valence-electron chi connectivity index (χ4n) is 4.03. The second-order valence-electron chi connectivity index (χ2n) is 9.62. The van der Waals surface area contributed by atoms with Crippen molar-refractivity contribution in [3.8, 4) is 11.1 Å². The standard InChI is InChI=1S/C26H32N2O6/c1-25(2,3)34-23(31)27-15-9-14-26(4,22(29)30)28-24(32)33-16-21-19-12-7-5-10-17(19)18-11-6-8-13-20(18)21/h5-8,10-13,21H,9,14-16H2,1-4H3,(H,27,31)(H,28,32)(H,29,30). The summed E-state index contributed by atoms with van der Waals surface area (Å²) < 4.78 is 10.6. The van der Waals surface area contributed by atoms with E-state index >= 15 is 0 Å². The number of carbonyl (C=O) groups excluding carboxylic acids is 2. The van der Waals surface area contributed by atoms with E-state index in [2.05, 4.69) is 10.6 Å². The molecule has 3 rings (SSSR count). The van der Waals surface area contributed by atoms with Crippen LogP contribution >= 0.6 is 0 Å². The summed E-state index contributed by atoms with van der Waals surface area (Å²) in [4.78, 5) is 36.2. The van der Waals surface area contributed by atoms with Crippen LogP contribution in [0.15, 0.2) is 48.5 Å². The molecule has 0 heterocycles. The molecule has 3 N–H and O–H groups in total. The number of amides is 2. The summed E-state index contributed by atoms with van der Waals surface area (Å²) in [5, 5.41) is 14.8. The van der Waals surface area contributed by atoms with Gasteiger partial charge in [-0.3, -0.25) is 0 Å². The number of fused-ring (bicyclic) bond motifs is 3. The zero-order valence-corrected chi connectivity index (χ0v) is 20.0. The predicted molar refractivity (Wildman–Crippen MR) is 128 cm³/mol. The van der Waals surface area contributed by atoms with Gasteiger partial charge in [-0.15, -0.1) is 0 Å². The molecular formula is C26H32N2O6. The first-order chi connectivity index (χ1) is 16.0. The molecule has 1 atom stereocenters. The second kappa shape index (κ2) is 10.2. The minimum absolute atomic E-state index is 0.0930. The van der Waals surface area contributed by atoms with Crippen LogP contribution in [-0.2, 0) is 14.3 Å². The van der Waals surface area contributed by atoms with Crippen LogP contribution in [0.4, 0.5) is 9.59 Å². The Morgan fingerprint density at radius 3 is 2.00 bits per heavy atom. The molecule has 1 aliphatic carbocycles. The molecule has 0 bridgehead atoms. The van der Waals surface area contributed by atoms with Crippen LogP contribution in [-0.4, -0.2) is 47.6 Å². The highest BCUT2D eigenvalue weighted by Gasteiger charge is 2.36. The van der Waals surface area contributed by atoms with Gasteiger partial charge < -0.3 is 25.2 Å². The molecule has 0 aromatic heterocycles. The van der Waals surface area contributed by atoms with Crippen molar-refractivity contribution in [3.63, 3.8) is 0 Å². The lowest BCUT2D eigenvalue weighted by Crippen LogP contribution is -2.52. The lowest BCUT2D eigenvalue weighted by atomic mass is 9.96. The Kier molecular flexibility index (Phi) is 7.49. The molecule has 0 spiro atoms. The highest BCUT2D eigenvalue weighted by molar-refractivity contribution is 5.84. The first-order valence-electron chi connectivity index (χ1n) is 11.3. The van der Waals surface area contributed by atoms with E-state index in [4.69, 9.17) is 9.47 Å². The molecule has 0 radical (unpaired) electrons. The van der Waals surface area contributed by atoms with E-state index in [0.29, 0.717) is 6.42 Å². The van der Waals surface area contributed by atoms with Gasteiger partial charge in [0.2, 0.25) is 0 Å². The van der Waals surface area contributed by atoms with Crippen LogP contribution in [0.3, 0.4) is 0 Å². The average molecular weight is 469 g/mol. The average Bonchev–Trinajstić information content (AvgIpc) is 3.08. The Labute approximate surface area is 199 Å². The molecule has 2 aromatic rings. The monoisotopic (exact) mass is 468 g/mol. The van der Waals surface area contributed by atoms with Gasteiger partial charge in [0.25, 0.3) is 0 Å². The molecule has 1 unspecified atom stereocenters. The molecule has 8 heteroatoms. The zero-order valence-electron chi connectivity index (χ0n) is 20.0. The van der Waals surface area contributed by atoms with Gasteiger partial charge in [-0.05, 0) is 62.8 Å². The van der Waals surface area contributed by atoms with Crippen molar-refractivity contribution in [1.82, 2.24) is 10.6 Å². The van der Waals surface area contributed by atoms with Crippen molar-refractivity contribution in [3.05, 3.63) is 59.7 Å². The largest absolute Gasteiger partial charge is 0.480 e. The van der Waals surface area contributed by atoms with Crippen molar-refractivity contribution in [2.24, 2.45) is 0 Å². The molecule has 0 aliphatic heterocycles. The van der Waals surface area contributed by atoms with Crippen LogP contribution in [0.25, 0.3) is 11.1 Å². The van der Waals surface area contributed by atoms with Gasteiger partial charge in [-0.1, -0.05) is 48.5 Å². The van der Waals surface area contributed by atoms with Crippen LogP contribution < -0.4 is 10.6 Å². The number of carboxylic acids is 1. The van der Waals surface area contributed by atoms with E-state index in [1.807, 2.05) is 48.5 Å². The molecule has 2 aromatic carbocycles. The first kappa shape index (κ1) is 25.1. The topological polar surface area (TPSA) is 114 Å². The number of benzene rings is 2. The Hall–Kier alpha value is -3.55. The normalized spacial score (nSPS) is 14.4. The number of rotatable bonds is 8. The number of aliphatic carboxylic acids is 1. The molecule has 182 valence electrons. The number of alkyl carbamates (subject to hydrolysis) is 2. The number of hydrogen-bond donors (Lipinski definition) is 3. The quantitative estimate of drug-likeness (QED) is 0.485. The van der Waals surface area contributed by atoms with E-state index in [9.17, 15) is 19.5 Å². The fourth-order valence-corrected chi connectivity index (χ4v) is 4.03. The van der Waals surface area contributed by atoms with Gasteiger partial charge in [0.15, 0.2) is 0 Å². The van der Waals surface area contributed by atoms with Crippen LogP contribution in [0, 0.1) is 0 Å². The summed E-state index contributed by atoms with van der Waals surface area (Å²) in [6, 6.07) is 16.0. The summed E-state index contributed by atoms with van der Waals surface area (Å²) in [6.07, 6.45) is -0.950. The molecule has 34 heavy (non-hydrogen) atoms. The van der Waals surface area contributed by atoms with Gasteiger partial charge >= 0.3 is 18.2 Å². The van der Waals surface area contributed by atoms with Gasteiger partial charge in [-0.25, -0.2) is 14.4 Å². The van der Waals surface area contributed by atoms with Crippen molar-refractivity contribution in [2.75, 3.05) is 13.2 Å². The molecule has 0 fully saturated rings. The lowest BCUT2D eigenvalue weighted by molar-refractivity contribution is -0.144. The third kappa shape index (κ3) is 6.07. The minimum atomic E-state index is -1.54. The van der Waals surface area contributed by atoms with E-state index in [1.54, 1.807) is 20.8 Å². The molecule has 8 nitrogen and oxygen atoms in total. The number of hydrogen-bond acceptors (Lipinski definition) is 5. The summed E-state index contributed by atoms with van der Waals surface area (Å²) in [7, 11) is 0. The highest BCUT2D eigenvalue weighted by atomic mass is 16.6. The SMILES string of the molecule is CC(C)(C)OC(=O)NCCCC(C)(NC(=O)OCC1c2ccccc2-c2ccccc21)C(=O)O.